The number of carbonyl (C=O) groups excluding carboxylic acids is 1. The van der Waals surface area contributed by atoms with E-state index in [2.05, 4.69) is 17.1 Å². The third-order valence-corrected chi connectivity index (χ3v) is 3.63. The van der Waals surface area contributed by atoms with Crippen LogP contribution in [-0.4, -0.2) is 29.9 Å². The van der Waals surface area contributed by atoms with Crippen molar-refractivity contribution >= 4 is 23.2 Å². The SMILES string of the molecule is CC1CCCCN1CC(=O)Nc1cccc(Cl)c1. The Morgan fingerprint density at radius 1 is 1.50 bits per heavy atom. The largest absolute Gasteiger partial charge is 0.325 e. The molecule has 1 aromatic carbocycles. The molecule has 1 aliphatic heterocycles. The standard InChI is InChI=1S/C14H19ClN2O/c1-11-5-2-3-8-17(11)10-14(18)16-13-7-4-6-12(15)9-13/h4,6-7,9,11H,2-3,5,8,10H2,1H3,(H,16,18). The van der Waals surface area contributed by atoms with Crippen molar-refractivity contribution < 1.29 is 4.79 Å². The second kappa shape index (κ2) is 6.21. The highest BCUT2D eigenvalue weighted by Crippen LogP contribution is 2.17. The van der Waals surface area contributed by atoms with E-state index in [0.717, 1.165) is 12.2 Å². The molecule has 0 aromatic heterocycles. The number of nitrogens with one attached hydrogen (secondary N) is 1. The van der Waals surface area contributed by atoms with E-state index in [4.69, 9.17) is 11.6 Å². The van der Waals surface area contributed by atoms with Gasteiger partial charge in [0.25, 0.3) is 0 Å². The van der Waals surface area contributed by atoms with E-state index in [0.29, 0.717) is 17.6 Å². The summed E-state index contributed by atoms with van der Waals surface area (Å²) < 4.78 is 0. The van der Waals surface area contributed by atoms with Crippen molar-refractivity contribution in [3.05, 3.63) is 29.3 Å². The van der Waals surface area contributed by atoms with Gasteiger partial charge in [0.05, 0.1) is 6.54 Å². The van der Waals surface area contributed by atoms with Gasteiger partial charge in [0.2, 0.25) is 5.91 Å². The van der Waals surface area contributed by atoms with Crippen LogP contribution >= 0.6 is 11.6 Å². The Kier molecular flexibility index (Phi) is 4.61. The van der Waals surface area contributed by atoms with E-state index in [1.807, 2.05) is 12.1 Å². The Labute approximate surface area is 113 Å². The summed E-state index contributed by atoms with van der Waals surface area (Å²) in [7, 11) is 0. The van der Waals surface area contributed by atoms with Crippen LogP contribution in [0.5, 0.6) is 0 Å². The van der Waals surface area contributed by atoms with Crippen molar-refractivity contribution in [2.45, 2.75) is 32.2 Å². The maximum Gasteiger partial charge on any atom is 0.238 e. The molecule has 0 aliphatic carbocycles. The summed E-state index contributed by atoms with van der Waals surface area (Å²) in [6.07, 6.45) is 3.65. The summed E-state index contributed by atoms with van der Waals surface area (Å²) >= 11 is 5.88. The minimum absolute atomic E-state index is 0.0333. The zero-order valence-electron chi connectivity index (χ0n) is 10.7. The number of rotatable bonds is 3. The van der Waals surface area contributed by atoms with E-state index in [1.54, 1.807) is 12.1 Å². The monoisotopic (exact) mass is 266 g/mol. The normalized spacial score (nSPS) is 20.7. The number of hydrogen-bond donors (Lipinski definition) is 1. The van der Waals surface area contributed by atoms with Gasteiger partial charge in [-0.2, -0.15) is 0 Å². The van der Waals surface area contributed by atoms with Crippen LogP contribution in [0.4, 0.5) is 5.69 Å². The predicted octanol–water partition coefficient (Wildman–Crippen LogP) is 3.15. The molecule has 0 spiro atoms. The van der Waals surface area contributed by atoms with Crippen LogP contribution < -0.4 is 5.32 Å². The molecule has 0 bridgehead atoms. The summed E-state index contributed by atoms with van der Waals surface area (Å²) in [5, 5.41) is 3.52. The molecule has 0 saturated carbocycles. The molecule has 1 unspecified atom stereocenters. The van der Waals surface area contributed by atoms with E-state index >= 15 is 0 Å². The Morgan fingerprint density at radius 3 is 3.06 bits per heavy atom. The third kappa shape index (κ3) is 3.72. The second-order valence-electron chi connectivity index (χ2n) is 4.87. The van der Waals surface area contributed by atoms with Crippen LogP contribution in [0.2, 0.25) is 5.02 Å². The summed E-state index contributed by atoms with van der Waals surface area (Å²) in [6, 6.07) is 7.75. The molecule has 1 aromatic rings. The topological polar surface area (TPSA) is 32.3 Å². The van der Waals surface area contributed by atoms with Crippen molar-refractivity contribution in [3.8, 4) is 0 Å². The van der Waals surface area contributed by atoms with Gasteiger partial charge < -0.3 is 5.32 Å². The van der Waals surface area contributed by atoms with Gasteiger partial charge >= 0.3 is 0 Å². The van der Waals surface area contributed by atoms with Crippen LogP contribution in [0.1, 0.15) is 26.2 Å². The lowest BCUT2D eigenvalue weighted by Gasteiger charge is -2.32. The van der Waals surface area contributed by atoms with E-state index in [9.17, 15) is 4.79 Å². The number of amides is 1. The smallest absolute Gasteiger partial charge is 0.238 e. The van der Waals surface area contributed by atoms with Crippen molar-refractivity contribution in [2.75, 3.05) is 18.4 Å². The zero-order chi connectivity index (χ0) is 13.0. The molecular formula is C14H19ClN2O. The van der Waals surface area contributed by atoms with Crippen LogP contribution in [-0.2, 0) is 4.79 Å². The van der Waals surface area contributed by atoms with Crippen molar-refractivity contribution in [2.24, 2.45) is 0 Å². The molecule has 18 heavy (non-hydrogen) atoms. The van der Waals surface area contributed by atoms with Crippen molar-refractivity contribution in [3.63, 3.8) is 0 Å². The fourth-order valence-electron chi connectivity index (χ4n) is 2.34. The Bertz CT molecular complexity index is 422. The molecule has 4 heteroatoms. The van der Waals surface area contributed by atoms with Gasteiger partial charge in [0.15, 0.2) is 0 Å². The average molecular weight is 267 g/mol. The molecule has 3 nitrogen and oxygen atoms in total. The van der Waals surface area contributed by atoms with E-state index in [1.165, 1.54) is 19.3 Å². The van der Waals surface area contributed by atoms with Gasteiger partial charge in [-0.3, -0.25) is 9.69 Å². The fraction of sp³-hybridized carbons (Fsp3) is 0.500. The van der Waals surface area contributed by atoms with Gasteiger partial charge in [-0.05, 0) is 44.5 Å². The van der Waals surface area contributed by atoms with Crippen molar-refractivity contribution in [1.29, 1.82) is 0 Å². The molecule has 1 fully saturated rings. The maximum absolute atomic E-state index is 11.9. The lowest BCUT2D eigenvalue weighted by molar-refractivity contribution is -0.118. The fourth-order valence-corrected chi connectivity index (χ4v) is 2.53. The molecule has 1 heterocycles. The lowest BCUT2D eigenvalue weighted by atomic mass is 10.0. The van der Waals surface area contributed by atoms with Crippen LogP contribution in [0.3, 0.4) is 0 Å². The summed E-state index contributed by atoms with van der Waals surface area (Å²) in [5.41, 5.74) is 0.761. The highest BCUT2D eigenvalue weighted by Gasteiger charge is 2.20. The number of carbonyl (C=O) groups is 1. The number of nitrogens with zero attached hydrogens (tertiary/aromatic N) is 1. The number of anilines is 1. The second-order valence-corrected chi connectivity index (χ2v) is 5.31. The average Bonchev–Trinajstić information content (AvgIpc) is 2.32. The highest BCUT2D eigenvalue weighted by atomic mass is 35.5. The Hall–Kier alpha value is -1.06. The first-order chi connectivity index (χ1) is 8.65. The van der Waals surface area contributed by atoms with E-state index in [-0.39, 0.29) is 5.91 Å². The number of piperidine rings is 1. The minimum atomic E-state index is 0.0333. The summed E-state index contributed by atoms with van der Waals surface area (Å²) in [6.45, 7) is 3.67. The van der Waals surface area contributed by atoms with Gasteiger partial charge in [0, 0.05) is 16.8 Å². The summed E-state index contributed by atoms with van der Waals surface area (Å²) in [5.74, 6) is 0.0333. The Balaban J connectivity index is 1.88. The summed E-state index contributed by atoms with van der Waals surface area (Å²) in [4.78, 5) is 14.2. The van der Waals surface area contributed by atoms with Gasteiger partial charge in [0.1, 0.15) is 0 Å². The van der Waals surface area contributed by atoms with Gasteiger partial charge in [-0.15, -0.1) is 0 Å². The van der Waals surface area contributed by atoms with Crippen molar-refractivity contribution in [1.82, 2.24) is 4.90 Å². The first-order valence-corrected chi connectivity index (χ1v) is 6.82. The number of hydrogen-bond acceptors (Lipinski definition) is 2. The van der Waals surface area contributed by atoms with Crippen LogP contribution in [0.25, 0.3) is 0 Å². The molecule has 1 N–H and O–H groups in total. The maximum atomic E-state index is 11.9. The highest BCUT2D eigenvalue weighted by molar-refractivity contribution is 6.30. The molecule has 0 radical (unpaired) electrons. The number of likely N-dealkylation sites (tertiary alicyclic amines) is 1. The first kappa shape index (κ1) is 13.4. The minimum Gasteiger partial charge on any atom is -0.325 e. The number of benzene rings is 1. The molecular weight excluding hydrogens is 248 g/mol. The molecule has 1 aliphatic rings. The molecule has 1 amide bonds. The van der Waals surface area contributed by atoms with Crippen LogP contribution in [0.15, 0.2) is 24.3 Å². The molecule has 98 valence electrons. The molecule has 2 rings (SSSR count). The molecule has 1 saturated heterocycles. The third-order valence-electron chi connectivity index (χ3n) is 3.40. The zero-order valence-corrected chi connectivity index (χ0v) is 11.4. The first-order valence-electron chi connectivity index (χ1n) is 6.44. The number of halogens is 1. The quantitative estimate of drug-likeness (QED) is 0.912. The Morgan fingerprint density at radius 2 is 2.33 bits per heavy atom. The van der Waals surface area contributed by atoms with Gasteiger partial charge in [-0.25, -0.2) is 0 Å². The molecule has 1 atom stereocenters. The van der Waals surface area contributed by atoms with Crippen LogP contribution in [0, 0.1) is 0 Å². The van der Waals surface area contributed by atoms with E-state index < -0.39 is 0 Å². The predicted molar refractivity (Wildman–Crippen MR) is 75.0 cm³/mol. The lowest BCUT2D eigenvalue weighted by Crippen LogP contribution is -2.42. The van der Waals surface area contributed by atoms with Gasteiger partial charge in [-0.1, -0.05) is 24.1 Å².